The van der Waals surface area contributed by atoms with Gasteiger partial charge >= 0.3 is 7.12 Å². The van der Waals surface area contributed by atoms with Gasteiger partial charge in [-0.25, -0.2) is 0 Å². The Morgan fingerprint density at radius 2 is 1.65 bits per heavy atom. The molecule has 2 heterocycles. The van der Waals surface area contributed by atoms with Crippen molar-refractivity contribution >= 4 is 70.8 Å². The lowest BCUT2D eigenvalue weighted by Gasteiger charge is -2.50. The fourth-order valence-electron chi connectivity index (χ4n) is 9.16. The number of fused-ring (bicyclic) bond motifs is 4. The Labute approximate surface area is 320 Å². The average Bonchev–Trinajstić information content (AvgIpc) is 3.54. The van der Waals surface area contributed by atoms with Crippen LogP contribution in [0.25, 0.3) is 0 Å². The highest BCUT2D eigenvalue weighted by Crippen LogP contribution is 2.64. The standard InChI is InChI=1S/C40H34BCl2N3O8/c1-20-16-21(6-15-33(20)47)35-27-12-13-28-34(38(50)45(36(28)48)25-5-3-4-23(17-25)41(52)53)29(27)19-30-37(49)46(44-32-14-9-24(42)18-31(32)43)39(51)40(30,35)22-7-10-26(54-2)11-8-22/h3-12,14-18,28-30,34-35,44,47,52-53H,13,19H2,1-2H3. The van der Waals surface area contributed by atoms with E-state index in [1.165, 1.54) is 25.3 Å². The van der Waals surface area contributed by atoms with Crippen molar-refractivity contribution in [2.75, 3.05) is 17.4 Å². The van der Waals surface area contributed by atoms with E-state index in [4.69, 9.17) is 27.9 Å². The average molecular weight is 766 g/mol. The summed E-state index contributed by atoms with van der Waals surface area (Å²) in [6, 6.07) is 22.7. The molecule has 0 aromatic heterocycles. The van der Waals surface area contributed by atoms with Gasteiger partial charge in [-0.3, -0.25) is 29.5 Å². The minimum atomic E-state index is -1.81. The molecule has 3 fully saturated rings. The van der Waals surface area contributed by atoms with E-state index in [0.29, 0.717) is 27.5 Å². The minimum absolute atomic E-state index is 0.0516. The second kappa shape index (κ2) is 13.3. The van der Waals surface area contributed by atoms with Crippen molar-refractivity contribution in [2.45, 2.75) is 31.1 Å². The SMILES string of the molecule is COc1ccc(C23C(=O)N(Nc4ccc(Cl)cc4Cl)C(=O)C2CC2C(=CCC4C(=O)N(c5cccc(B(O)O)c5)C(=O)C42)C3c2ccc(O)c(C)c2)cc1. The van der Waals surface area contributed by atoms with Crippen LogP contribution in [0.5, 0.6) is 11.5 Å². The number of allylic oxidation sites excluding steroid dienone is 2. The molecule has 8 rings (SSSR count). The van der Waals surface area contributed by atoms with Gasteiger partial charge < -0.3 is 19.9 Å². The smallest absolute Gasteiger partial charge is 0.488 e. The van der Waals surface area contributed by atoms with Crippen molar-refractivity contribution in [3.63, 3.8) is 0 Å². The highest BCUT2D eigenvalue weighted by molar-refractivity contribution is 6.58. The van der Waals surface area contributed by atoms with Gasteiger partial charge in [0.2, 0.25) is 11.8 Å². The zero-order valence-corrected chi connectivity index (χ0v) is 30.6. The first-order valence-electron chi connectivity index (χ1n) is 17.4. The van der Waals surface area contributed by atoms with Gasteiger partial charge in [0.1, 0.15) is 11.5 Å². The van der Waals surface area contributed by atoms with Crippen molar-refractivity contribution in [3.8, 4) is 11.5 Å². The molecule has 4 aliphatic rings. The third-order valence-corrected chi connectivity index (χ3v) is 12.1. The zero-order chi connectivity index (χ0) is 38.2. The summed E-state index contributed by atoms with van der Waals surface area (Å²) in [5.74, 6) is -5.48. The molecular formula is C40H34BCl2N3O8. The molecule has 0 radical (unpaired) electrons. The van der Waals surface area contributed by atoms with E-state index in [9.17, 15) is 29.5 Å². The molecule has 6 atom stereocenters. The Balaban J connectivity index is 1.32. The number of carbonyl (C=O) groups excluding carboxylic acids is 4. The minimum Gasteiger partial charge on any atom is -0.508 e. The van der Waals surface area contributed by atoms with Gasteiger partial charge in [0.15, 0.2) is 0 Å². The molecule has 4 amide bonds. The van der Waals surface area contributed by atoms with E-state index in [-0.39, 0.29) is 40.5 Å². The molecule has 1 saturated carbocycles. The predicted octanol–water partition coefficient (Wildman–Crippen LogP) is 4.89. The lowest BCUT2D eigenvalue weighted by atomic mass is 9.49. The predicted molar refractivity (Wildman–Crippen MR) is 202 cm³/mol. The number of aromatic hydroxyl groups is 1. The number of anilines is 2. The van der Waals surface area contributed by atoms with Gasteiger partial charge in [-0.2, -0.15) is 5.01 Å². The van der Waals surface area contributed by atoms with Gasteiger partial charge in [-0.15, -0.1) is 0 Å². The number of benzene rings is 4. The number of nitrogens with one attached hydrogen (secondary N) is 1. The summed E-state index contributed by atoms with van der Waals surface area (Å²) < 4.78 is 5.46. The van der Waals surface area contributed by atoms with Crippen LogP contribution in [0.3, 0.4) is 0 Å². The van der Waals surface area contributed by atoms with Gasteiger partial charge in [-0.05, 0) is 96.4 Å². The molecule has 4 aromatic rings. The first-order chi connectivity index (χ1) is 25.9. The molecule has 2 aliphatic heterocycles. The number of phenols is 1. The normalized spacial score (nSPS) is 26.0. The summed E-state index contributed by atoms with van der Waals surface area (Å²) in [6.45, 7) is 1.74. The quantitative estimate of drug-likeness (QED) is 0.117. The molecule has 6 unspecified atom stereocenters. The highest BCUT2D eigenvalue weighted by atomic mass is 35.5. The van der Waals surface area contributed by atoms with E-state index in [2.05, 4.69) is 5.43 Å². The van der Waals surface area contributed by atoms with E-state index in [1.807, 2.05) is 6.08 Å². The molecule has 4 aromatic carbocycles. The third kappa shape index (κ3) is 5.34. The Kier molecular flexibility index (Phi) is 8.84. The maximum Gasteiger partial charge on any atom is 0.488 e. The zero-order valence-electron chi connectivity index (χ0n) is 29.1. The molecule has 4 N–H and O–H groups in total. The number of hydrogen-bond donors (Lipinski definition) is 4. The molecular weight excluding hydrogens is 732 g/mol. The summed E-state index contributed by atoms with van der Waals surface area (Å²) in [7, 11) is -0.276. The highest BCUT2D eigenvalue weighted by Gasteiger charge is 2.70. The lowest BCUT2D eigenvalue weighted by Crippen LogP contribution is -2.53. The number of aryl methyl sites for hydroxylation is 1. The number of carbonyl (C=O) groups is 4. The number of methoxy groups -OCH3 is 1. The summed E-state index contributed by atoms with van der Waals surface area (Å²) in [4.78, 5) is 60.0. The fraction of sp³-hybridized carbons (Fsp3) is 0.250. The summed E-state index contributed by atoms with van der Waals surface area (Å²) in [6.07, 6.45) is 2.19. The Bertz CT molecular complexity index is 2280. The molecule has 2 saturated heterocycles. The summed E-state index contributed by atoms with van der Waals surface area (Å²) in [5, 5.41) is 31.8. The van der Waals surface area contributed by atoms with E-state index >= 15 is 4.79 Å². The monoisotopic (exact) mass is 765 g/mol. The van der Waals surface area contributed by atoms with Gasteiger partial charge in [0.25, 0.3) is 11.8 Å². The van der Waals surface area contributed by atoms with Crippen LogP contribution in [0.2, 0.25) is 10.0 Å². The van der Waals surface area contributed by atoms with E-state index in [0.717, 1.165) is 15.5 Å². The largest absolute Gasteiger partial charge is 0.508 e. The van der Waals surface area contributed by atoms with Crippen LogP contribution < -0.4 is 20.5 Å². The third-order valence-electron chi connectivity index (χ3n) is 11.6. The Hall–Kier alpha value is -5.14. The number of phenolic OH excluding ortho intramolecular Hbond substituents is 1. The van der Waals surface area contributed by atoms with Crippen LogP contribution in [0.4, 0.5) is 11.4 Å². The molecule has 11 nitrogen and oxygen atoms in total. The van der Waals surface area contributed by atoms with Crippen LogP contribution >= 0.6 is 23.2 Å². The molecule has 54 heavy (non-hydrogen) atoms. The van der Waals surface area contributed by atoms with Crippen LogP contribution in [0.1, 0.15) is 35.4 Å². The van der Waals surface area contributed by atoms with Crippen molar-refractivity contribution in [2.24, 2.45) is 23.7 Å². The van der Waals surface area contributed by atoms with Crippen molar-refractivity contribution in [1.29, 1.82) is 0 Å². The number of hydrazine groups is 1. The maximum absolute atomic E-state index is 15.4. The first-order valence-corrected chi connectivity index (χ1v) is 18.2. The van der Waals surface area contributed by atoms with Crippen molar-refractivity contribution < 1.29 is 39.1 Å². The van der Waals surface area contributed by atoms with Gasteiger partial charge in [-0.1, -0.05) is 71.2 Å². The number of hydrogen-bond acceptors (Lipinski definition) is 9. The summed E-state index contributed by atoms with van der Waals surface area (Å²) >= 11 is 12.7. The molecule has 14 heteroatoms. The van der Waals surface area contributed by atoms with Gasteiger partial charge in [0, 0.05) is 10.9 Å². The number of nitrogens with zero attached hydrogens (tertiary/aromatic N) is 2. The maximum atomic E-state index is 15.4. The topological polar surface area (TPSA) is 157 Å². The Morgan fingerprint density at radius 1 is 0.889 bits per heavy atom. The van der Waals surface area contributed by atoms with E-state index < -0.39 is 65.8 Å². The fourth-order valence-corrected chi connectivity index (χ4v) is 9.61. The van der Waals surface area contributed by atoms with Crippen LogP contribution in [0, 0.1) is 30.6 Å². The van der Waals surface area contributed by atoms with Crippen LogP contribution in [0.15, 0.2) is 96.6 Å². The number of rotatable bonds is 7. The van der Waals surface area contributed by atoms with Crippen LogP contribution in [-0.2, 0) is 24.6 Å². The molecule has 0 bridgehead atoms. The van der Waals surface area contributed by atoms with Crippen LogP contribution in [-0.4, -0.2) is 58.0 Å². The first kappa shape index (κ1) is 35.9. The number of halogens is 2. The number of imide groups is 2. The van der Waals surface area contributed by atoms with Crippen molar-refractivity contribution in [3.05, 3.63) is 123 Å². The lowest BCUT2D eigenvalue weighted by molar-refractivity contribution is -0.138. The second-order valence-electron chi connectivity index (χ2n) is 14.2. The van der Waals surface area contributed by atoms with Gasteiger partial charge in [0.05, 0.1) is 46.7 Å². The molecule has 0 spiro atoms. The molecule has 2 aliphatic carbocycles. The van der Waals surface area contributed by atoms with E-state index in [1.54, 1.807) is 73.7 Å². The Morgan fingerprint density at radius 3 is 2.33 bits per heavy atom. The number of amides is 4. The molecule has 274 valence electrons. The second-order valence-corrected chi connectivity index (χ2v) is 15.1. The number of ether oxygens (including phenoxy) is 1. The summed E-state index contributed by atoms with van der Waals surface area (Å²) in [5.41, 5.74) is 4.52. The van der Waals surface area contributed by atoms with Crippen molar-refractivity contribution in [1.82, 2.24) is 5.01 Å².